The second-order valence-electron chi connectivity index (χ2n) is 7.19. The van der Waals surface area contributed by atoms with E-state index in [1.54, 1.807) is 7.05 Å². The Bertz CT molecular complexity index is 1130. The average molecular weight is 388 g/mol. The summed E-state index contributed by atoms with van der Waals surface area (Å²) in [5, 5.41) is 0.669. The Kier molecular flexibility index (Phi) is 4.34. The lowest BCUT2D eigenvalue weighted by Gasteiger charge is -2.33. The fraction of sp³-hybridized carbons (Fsp3) is 0.421. The van der Waals surface area contributed by atoms with Gasteiger partial charge >= 0.3 is 5.69 Å². The summed E-state index contributed by atoms with van der Waals surface area (Å²) in [5.41, 5.74) is 1.29. The van der Waals surface area contributed by atoms with Gasteiger partial charge in [0, 0.05) is 37.4 Å². The molecule has 1 aliphatic heterocycles. The van der Waals surface area contributed by atoms with Gasteiger partial charge in [-0.1, -0.05) is 25.4 Å². The summed E-state index contributed by atoms with van der Waals surface area (Å²) in [6.07, 6.45) is 0.717. The smallest absolute Gasteiger partial charge is 0.312 e. The summed E-state index contributed by atoms with van der Waals surface area (Å²) < 4.78 is 4.73. The van der Waals surface area contributed by atoms with Crippen LogP contribution < -0.4 is 16.1 Å². The second kappa shape index (κ2) is 6.56. The van der Waals surface area contributed by atoms with Gasteiger partial charge < -0.3 is 9.47 Å². The summed E-state index contributed by atoms with van der Waals surface area (Å²) in [7, 11) is 1.67. The molecule has 2 aromatic heterocycles. The van der Waals surface area contributed by atoms with Gasteiger partial charge in [0.05, 0.1) is 0 Å². The third kappa shape index (κ3) is 2.77. The number of benzene rings is 1. The molecule has 0 spiro atoms. The molecule has 3 aromatic rings. The highest BCUT2D eigenvalue weighted by Gasteiger charge is 2.29. The van der Waals surface area contributed by atoms with Gasteiger partial charge in [-0.3, -0.25) is 13.9 Å². The summed E-state index contributed by atoms with van der Waals surface area (Å²) in [5.74, 6) is 1.01. The van der Waals surface area contributed by atoms with Crippen LogP contribution in [0.15, 0.2) is 33.9 Å². The molecule has 8 heteroatoms. The number of halogens is 1. The number of aryl methyl sites for hydroxylation is 1. The van der Waals surface area contributed by atoms with E-state index in [1.165, 1.54) is 9.13 Å². The molecule has 1 aromatic carbocycles. The van der Waals surface area contributed by atoms with E-state index in [1.807, 2.05) is 35.8 Å². The molecule has 0 fully saturated rings. The van der Waals surface area contributed by atoms with Crippen molar-refractivity contribution in [2.45, 2.75) is 33.4 Å². The molecule has 7 nitrogen and oxygen atoms in total. The zero-order valence-corrected chi connectivity index (χ0v) is 16.4. The molecule has 27 heavy (non-hydrogen) atoms. The summed E-state index contributed by atoms with van der Waals surface area (Å²) in [6, 6.07) is 7.57. The molecule has 0 unspecified atom stereocenters. The number of nitrogens with zero attached hydrogens (tertiary/aromatic N) is 5. The number of anilines is 2. The van der Waals surface area contributed by atoms with Gasteiger partial charge in [0.2, 0.25) is 5.95 Å². The number of imidazole rings is 1. The van der Waals surface area contributed by atoms with Gasteiger partial charge in [-0.05, 0) is 36.6 Å². The lowest BCUT2D eigenvalue weighted by atomic mass is 10.1. The van der Waals surface area contributed by atoms with Gasteiger partial charge in [0.1, 0.15) is 0 Å². The fourth-order valence-electron chi connectivity index (χ4n) is 3.76. The molecular weight excluding hydrogens is 366 g/mol. The third-order valence-electron chi connectivity index (χ3n) is 5.03. The highest BCUT2D eigenvalue weighted by Crippen LogP contribution is 2.33. The Morgan fingerprint density at radius 3 is 2.56 bits per heavy atom. The van der Waals surface area contributed by atoms with Crippen molar-refractivity contribution in [1.82, 2.24) is 18.7 Å². The Labute approximate surface area is 161 Å². The van der Waals surface area contributed by atoms with Crippen LogP contribution in [0.5, 0.6) is 0 Å². The molecule has 142 valence electrons. The molecule has 0 saturated heterocycles. The van der Waals surface area contributed by atoms with Gasteiger partial charge in [-0.25, -0.2) is 4.79 Å². The number of hydrogen-bond donors (Lipinski definition) is 0. The molecule has 0 N–H and O–H groups in total. The maximum absolute atomic E-state index is 13.1. The lowest BCUT2D eigenvalue weighted by Crippen LogP contribution is -2.40. The number of hydrogen-bond acceptors (Lipinski definition) is 4. The van der Waals surface area contributed by atoms with E-state index in [0.717, 1.165) is 18.7 Å². The van der Waals surface area contributed by atoms with Gasteiger partial charge in [-0.15, -0.1) is 0 Å². The van der Waals surface area contributed by atoms with Crippen LogP contribution in [0.3, 0.4) is 0 Å². The monoisotopic (exact) mass is 387 g/mol. The topological polar surface area (TPSA) is 65.1 Å². The quantitative estimate of drug-likeness (QED) is 0.693. The summed E-state index contributed by atoms with van der Waals surface area (Å²) >= 11 is 6.03. The van der Waals surface area contributed by atoms with Crippen molar-refractivity contribution in [2.75, 3.05) is 11.4 Å². The zero-order chi connectivity index (χ0) is 19.3. The first kappa shape index (κ1) is 17.9. The van der Waals surface area contributed by atoms with E-state index < -0.39 is 0 Å². The van der Waals surface area contributed by atoms with Crippen LogP contribution in [0.25, 0.3) is 11.2 Å². The second-order valence-corrected chi connectivity index (χ2v) is 7.62. The third-order valence-corrected chi connectivity index (χ3v) is 5.28. The maximum atomic E-state index is 13.1. The maximum Gasteiger partial charge on any atom is 0.332 e. The largest absolute Gasteiger partial charge is 0.332 e. The van der Waals surface area contributed by atoms with E-state index >= 15 is 0 Å². The zero-order valence-electron chi connectivity index (χ0n) is 15.6. The van der Waals surface area contributed by atoms with Gasteiger partial charge in [-0.2, -0.15) is 4.98 Å². The highest BCUT2D eigenvalue weighted by atomic mass is 35.5. The van der Waals surface area contributed by atoms with Gasteiger partial charge in [0.25, 0.3) is 5.56 Å². The van der Waals surface area contributed by atoms with Crippen molar-refractivity contribution in [1.29, 1.82) is 0 Å². The number of fused-ring (bicyclic) bond motifs is 3. The minimum absolute atomic E-state index is 0.265. The summed E-state index contributed by atoms with van der Waals surface area (Å²) in [4.78, 5) is 32.5. The standard InChI is InChI=1S/C19H22ClN5O2/c1-4-9-23-17(26)15-16(22(3)19(23)27)21-18-24(10-12(2)11-25(15)18)14-7-5-13(20)6-8-14/h5-8,12H,4,9-11H2,1-3H3/t12-/m1/s1. The first-order valence-electron chi connectivity index (χ1n) is 9.15. The van der Waals surface area contributed by atoms with Crippen LogP contribution in [0, 0.1) is 5.92 Å². The first-order valence-corrected chi connectivity index (χ1v) is 9.53. The van der Waals surface area contributed by atoms with E-state index in [2.05, 4.69) is 11.8 Å². The van der Waals surface area contributed by atoms with Crippen LogP contribution in [-0.2, 0) is 20.1 Å². The predicted octanol–water partition coefficient (Wildman–Crippen LogP) is 2.75. The molecule has 1 atom stereocenters. The molecule has 1 aliphatic rings. The minimum atomic E-state index is -0.323. The SMILES string of the molecule is CCCn1c(=O)c2c(nc3n2C[C@H](C)CN3c2ccc(Cl)cc2)n(C)c1=O. The van der Waals surface area contributed by atoms with Crippen molar-refractivity contribution in [2.24, 2.45) is 13.0 Å². The van der Waals surface area contributed by atoms with Crippen LogP contribution in [-0.4, -0.2) is 25.2 Å². The normalized spacial score (nSPS) is 16.7. The number of aromatic nitrogens is 4. The lowest BCUT2D eigenvalue weighted by molar-refractivity contribution is 0.457. The van der Waals surface area contributed by atoms with E-state index in [0.29, 0.717) is 41.1 Å². The van der Waals surface area contributed by atoms with E-state index in [4.69, 9.17) is 16.6 Å². The summed E-state index contributed by atoms with van der Waals surface area (Å²) in [6.45, 7) is 5.96. The molecule has 0 amide bonds. The fourth-order valence-corrected chi connectivity index (χ4v) is 3.89. The molecule has 0 bridgehead atoms. The minimum Gasteiger partial charge on any atom is -0.312 e. The Morgan fingerprint density at radius 2 is 1.89 bits per heavy atom. The Hall–Kier alpha value is -2.54. The molecule has 0 radical (unpaired) electrons. The Balaban J connectivity index is 2.00. The van der Waals surface area contributed by atoms with Crippen LogP contribution >= 0.6 is 11.6 Å². The average Bonchev–Trinajstić information content (AvgIpc) is 3.03. The highest BCUT2D eigenvalue weighted by molar-refractivity contribution is 6.30. The van der Waals surface area contributed by atoms with Crippen molar-refractivity contribution in [3.8, 4) is 0 Å². The molecule has 0 saturated carbocycles. The van der Waals surface area contributed by atoms with Crippen molar-refractivity contribution in [3.63, 3.8) is 0 Å². The molecule has 3 heterocycles. The van der Waals surface area contributed by atoms with Crippen molar-refractivity contribution in [3.05, 3.63) is 50.1 Å². The first-order chi connectivity index (χ1) is 12.9. The Morgan fingerprint density at radius 1 is 1.19 bits per heavy atom. The predicted molar refractivity (Wildman–Crippen MR) is 107 cm³/mol. The van der Waals surface area contributed by atoms with E-state index in [9.17, 15) is 9.59 Å². The molecule has 4 rings (SSSR count). The van der Waals surface area contributed by atoms with Crippen molar-refractivity contribution >= 4 is 34.4 Å². The molecule has 0 aliphatic carbocycles. The van der Waals surface area contributed by atoms with Crippen LogP contribution in [0.4, 0.5) is 11.6 Å². The van der Waals surface area contributed by atoms with Crippen molar-refractivity contribution < 1.29 is 0 Å². The molecular formula is C19H22ClN5O2. The van der Waals surface area contributed by atoms with Crippen LogP contribution in [0.2, 0.25) is 5.02 Å². The van der Waals surface area contributed by atoms with E-state index in [-0.39, 0.29) is 11.2 Å². The van der Waals surface area contributed by atoms with Crippen LogP contribution in [0.1, 0.15) is 20.3 Å². The number of rotatable bonds is 3. The van der Waals surface area contributed by atoms with Gasteiger partial charge in [0.15, 0.2) is 11.2 Å².